The van der Waals surface area contributed by atoms with E-state index in [0.29, 0.717) is 5.41 Å². The summed E-state index contributed by atoms with van der Waals surface area (Å²) in [6.45, 7) is 11.3. The Morgan fingerprint density at radius 3 is 2.88 bits per heavy atom. The highest BCUT2D eigenvalue weighted by Gasteiger charge is 2.38. The lowest BCUT2D eigenvalue weighted by Crippen LogP contribution is -2.32. The number of hydrogen-bond acceptors (Lipinski definition) is 4. The van der Waals surface area contributed by atoms with Gasteiger partial charge in [0.25, 0.3) is 0 Å². The summed E-state index contributed by atoms with van der Waals surface area (Å²) in [4.78, 5) is 8.71. The van der Waals surface area contributed by atoms with Crippen molar-refractivity contribution in [3.8, 4) is 0 Å². The molecule has 25 heavy (non-hydrogen) atoms. The number of ether oxygens (including phenoxy) is 1. The van der Waals surface area contributed by atoms with Crippen molar-refractivity contribution in [1.29, 1.82) is 0 Å². The predicted octanol–water partition coefficient (Wildman–Crippen LogP) is 4.62. The molecule has 1 aliphatic heterocycles. The fourth-order valence-corrected chi connectivity index (χ4v) is 4.55. The second-order valence-corrected chi connectivity index (χ2v) is 8.41. The minimum Gasteiger partial charge on any atom is -0.381 e. The largest absolute Gasteiger partial charge is 0.381 e. The van der Waals surface area contributed by atoms with Gasteiger partial charge >= 0.3 is 0 Å². The molecule has 0 bridgehead atoms. The van der Waals surface area contributed by atoms with Crippen LogP contribution in [0.2, 0.25) is 0 Å². The molecule has 0 aromatic carbocycles. The molecule has 1 aliphatic rings. The zero-order valence-corrected chi connectivity index (χ0v) is 16.6. The summed E-state index contributed by atoms with van der Waals surface area (Å²) in [6.07, 6.45) is 3.62. The number of hydrogen-bond donors (Lipinski definition) is 0. The van der Waals surface area contributed by atoms with Gasteiger partial charge < -0.3 is 4.74 Å². The molecule has 3 heterocycles. The third-order valence-corrected chi connectivity index (χ3v) is 6.28. The molecule has 1 saturated heterocycles. The van der Waals surface area contributed by atoms with Crippen LogP contribution < -0.4 is 0 Å². The Balaban J connectivity index is 1.64. The van der Waals surface area contributed by atoms with Crippen LogP contribution in [-0.2, 0) is 17.7 Å². The van der Waals surface area contributed by atoms with Crippen LogP contribution in [0.15, 0.2) is 29.6 Å². The van der Waals surface area contributed by atoms with Crippen LogP contribution in [0.25, 0.3) is 0 Å². The monoisotopic (exact) mass is 358 g/mol. The minimum atomic E-state index is 0.298. The summed E-state index contributed by atoms with van der Waals surface area (Å²) in [5.74, 6) is 0. The zero-order valence-electron chi connectivity index (χ0n) is 15.8. The highest BCUT2D eigenvalue weighted by atomic mass is 32.1. The second-order valence-electron chi connectivity index (χ2n) is 7.37. The van der Waals surface area contributed by atoms with Crippen LogP contribution in [0.5, 0.6) is 0 Å². The van der Waals surface area contributed by atoms with Crippen LogP contribution in [-0.4, -0.2) is 36.2 Å². The summed E-state index contributed by atoms with van der Waals surface area (Å²) < 4.78 is 5.89. The zero-order chi connectivity index (χ0) is 17.7. The van der Waals surface area contributed by atoms with E-state index < -0.39 is 0 Å². The second kappa shape index (κ2) is 8.43. The standard InChI is InChI=1S/C21H30N2OS/c1-4-24-16-21(10-9-20-6-5-13-25-20)11-12-23(15-21)14-19-8-7-17(2)22-18(19)3/h5-8,13H,4,9-12,14-16H2,1-3H3. The highest BCUT2D eigenvalue weighted by molar-refractivity contribution is 7.09. The Hall–Kier alpha value is -1.23. The fourth-order valence-electron chi connectivity index (χ4n) is 3.84. The number of nitrogens with zero attached hydrogens (tertiary/aromatic N) is 2. The van der Waals surface area contributed by atoms with Gasteiger partial charge in [0.15, 0.2) is 0 Å². The van der Waals surface area contributed by atoms with Gasteiger partial charge in [-0.3, -0.25) is 9.88 Å². The van der Waals surface area contributed by atoms with Crippen molar-refractivity contribution < 1.29 is 4.74 Å². The molecule has 0 N–H and O–H groups in total. The molecule has 0 aliphatic carbocycles. The van der Waals surface area contributed by atoms with Gasteiger partial charge in [-0.25, -0.2) is 0 Å². The molecule has 1 fully saturated rings. The van der Waals surface area contributed by atoms with Crippen molar-refractivity contribution in [3.05, 3.63) is 51.5 Å². The molecule has 3 nitrogen and oxygen atoms in total. The van der Waals surface area contributed by atoms with Crippen molar-refractivity contribution in [2.75, 3.05) is 26.3 Å². The van der Waals surface area contributed by atoms with E-state index in [1.54, 1.807) is 0 Å². The van der Waals surface area contributed by atoms with Crippen LogP contribution in [0.4, 0.5) is 0 Å². The predicted molar refractivity (Wildman–Crippen MR) is 105 cm³/mol. The first-order valence-electron chi connectivity index (χ1n) is 9.36. The Bertz CT molecular complexity index is 671. The van der Waals surface area contributed by atoms with Gasteiger partial charge in [0.05, 0.1) is 6.61 Å². The summed E-state index contributed by atoms with van der Waals surface area (Å²) >= 11 is 1.87. The quantitative estimate of drug-likeness (QED) is 0.688. The van der Waals surface area contributed by atoms with Crippen molar-refractivity contribution in [1.82, 2.24) is 9.88 Å². The van der Waals surface area contributed by atoms with E-state index in [4.69, 9.17) is 4.74 Å². The lowest BCUT2D eigenvalue weighted by Gasteiger charge is -2.29. The van der Waals surface area contributed by atoms with Gasteiger partial charge in [-0.2, -0.15) is 0 Å². The Morgan fingerprint density at radius 1 is 1.28 bits per heavy atom. The summed E-state index contributed by atoms with van der Waals surface area (Å²) in [5, 5.41) is 2.18. The smallest absolute Gasteiger partial charge is 0.0535 e. The van der Waals surface area contributed by atoms with Gasteiger partial charge in [0.2, 0.25) is 0 Å². The van der Waals surface area contributed by atoms with Crippen molar-refractivity contribution >= 4 is 11.3 Å². The van der Waals surface area contributed by atoms with Crippen LogP contribution >= 0.6 is 11.3 Å². The maximum atomic E-state index is 5.89. The molecule has 0 amide bonds. The normalized spacial score (nSPS) is 21.1. The Labute approximate surface area is 156 Å². The number of pyridine rings is 1. The molecule has 2 aromatic heterocycles. The molecule has 3 rings (SSSR count). The first-order chi connectivity index (χ1) is 12.1. The number of aromatic nitrogens is 1. The summed E-state index contributed by atoms with van der Waals surface area (Å²) in [6, 6.07) is 8.78. The fraction of sp³-hybridized carbons (Fsp3) is 0.571. The molecule has 1 unspecified atom stereocenters. The molecule has 4 heteroatoms. The maximum absolute atomic E-state index is 5.89. The van der Waals surface area contributed by atoms with E-state index in [1.807, 2.05) is 11.3 Å². The Kier molecular flexibility index (Phi) is 6.26. The lowest BCUT2D eigenvalue weighted by molar-refractivity contribution is 0.0490. The number of rotatable bonds is 8. The summed E-state index contributed by atoms with van der Waals surface area (Å²) in [5.41, 5.74) is 3.92. The van der Waals surface area contributed by atoms with Gasteiger partial charge in [0, 0.05) is 41.4 Å². The topological polar surface area (TPSA) is 25.4 Å². The first kappa shape index (κ1) is 18.6. The van der Waals surface area contributed by atoms with Gasteiger partial charge in [-0.15, -0.1) is 11.3 Å². The lowest BCUT2D eigenvalue weighted by atomic mass is 9.83. The molecule has 1 atom stereocenters. The minimum absolute atomic E-state index is 0.298. The van der Waals surface area contributed by atoms with E-state index in [0.717, 1.165) is 38.5 Å². The van der Waals surface area contributed by atoms with E-state index in [1.165, 1.54) is 35.4 Å². The van der Waals surface area contributed by atoms with Crippen molar-refractivity contribution in [3.63, 3.8) is 0 Å². The maximum Gasteiger partial charge on any atom is 0.0535 e. The molecular weight excluding hydrogens is 328 g/mol. The number of likely N-dealkylation sites (tertiary alicyclic amines) is 1. The van der Waals surface area contributed by atoms with E-state index >= 15 is 0 Å². The van der Waals surface area contributed by atoms with Crippen LogP contribution in [0, 0.1) is 19.3 Å². The molecule has 136 valence electrons. The van der Waals surface area contributed by atoms with Gasteiger partial charge in [-0.1, -0.05) is 12.1 Å². The molecule has 0 spiro atoms. The van der Waals surface area contributed by atoms with Crippen LogP contribution in [0.3, 0.4) is 0 Å². The molecule has 2 aromatic rings. The van der Waals surface area contributed by atoms with E-state index in [9.17, 15) is 0 Å². The number of thiophene rings is 1. The SMILES string of the molecule is CCOCC1(CCc2cccs2)CCN(Cc2ccc(C)nc2C)C1. The van der Waals surface area contributed by atoms with Gasteiger partial charge in [-0.05, 0) is 69.7 Å². The molecular formula is C21H30N2OS. The van der Waals surface area contributed by atoms with E-state index in [-0.39, 0.29) is 0 Å². The van der Waals surface area contributed by atoms with Crippen molar-refractivity contribution in [2.45, 2.75) is 46.6 Å². The molecule has 0 radical (unpaired) electrons. The summed E-state index contributed by atoms with van der Waals surface area (Å²) in [7, 11) is 0. The van der Waals surface area contributed by atoms with Crippen LogP contribution in [0.1, 0.15) is 41.6 Å². The van der Waals surface area contributed by atoms with Crippen molar-refractivity contribution in [2.24, 2.45) is 5.41 Å². The average Bonchev–Trinajstić information content (AvgIpc) is 3.24. The highest BCUT2D eigenvalue weighted by Crippen LogP contribution is 2.37. The van der Waals surface area contributed by atoms with Gasteiger partial charge in [0.1, 0.15) is 0 Å². The average molecular weight is 359 g/mol. The number of aryl methyl sites for hydroxylation is 3. The third-order valence-electron chi connectivity index (χ3n) is 5.34. The first-order valence-corrected chi connectivity index (χ1v) is 10.2. The molecule has 0 saturated carbocycles. The van der Waals surface area contributed by atoms with E-state index in [2.05, 4.69) is 60.3 Å². The Morgan fingerprint density at radius 2 is 2.16 bits per heavy atom. The third kappa shape index (κ3) is 4.90.